The average molecular weight is 166 g/mol. The van der Waals surface area contributed by atoms with E-state index in [1.54, 1.807) is 25.3 Å². The first-order chi connectivity index (χ1) is 5.77. The number of nitrogen functional groups attached to an aromatic ring is 1. The highest BCUT2D eigenvalue weighted by molar-refractivity contribution is 5.86. The number of methoxy groups -OCH3 is 1. The molecule has 1 aromatic carbocycles. The van der Waals surface area contributed by atoms with Crippen LogP contribution in [0.4, 0.5) is 5.69 Å². The van der Waals surface area contributed by atoms with Crippen molar-refractivity contribution in [1.82, 2.24) is 0 Å². The Morgan fingerprint density at radius 3 is 2.83 bits per heavy atom. The smallest absolute Gasteiger partial charge is 0.120 e. The predicted molar refractivity (Wildman–Crippen MR) is 46.8 cm³/mol. The Morgan fingerprint density at radius 2 is 2.33 bits per heavy atom. The first-order valence-electron chi connectivity index (χ1n) is 3.39. The van der Waals surface area contributed by atoms with Gasteiger partial charge in [-0.3, -0.25) is 0 Å². The summed E-state index contributed by atoms with van der Waals surface area (Å²) in [5.41, 5.74) is 6.79. The number of benzene rings is 1. The Kier molecular flexibility index (Phi) is 2.53. The minimum Gasteiger partial charge on any atom is -0.497 e. The summed E-state index contributed by atoms with van der Waals surface area (Å²) in [4.78, 5) is 0. The summed E-state index contributed by atoms with van der Waals surface area (Å²) in [6.45, 7) is 0. The number of rotatable bonds is 2. The minimum atomic E-state index is 0.521. The molecular formula is C8H10N2O2. The summed E-state index contributed by atoms with van der Waals surface area (Å²) in [6.07, 6.45) is 1.27. The molecule has 0 spiro atoms. The third kappa shape index (κ3) is 1.66. The number of hydrogen-bond acceptors (Lipinski definition) is 4. The topological polar surface area (TPSA) is 67.8 Å². The predicted octanol–water partition coefficient (Wildman–Crippen LogP) is 1.09. The zero-order valence-corrected chi connectivity index (χ0v) is 6.69. The van der Waals surface area contributed by atoms with E-state index < -0.39 is 0 Å². The van der Waals surface area contributed by atoms with E-state index in [9.17, 15) is 0 Å². The van der Waals surface area contributed by atoms with Crippen molar-refractivity contribution in [1.29, 1.82) is 0 Å². The lowest BCUT2D eigenvalue weighted by molar-refractivity contribution is 0.322. The second kappa shape index (κ2) is 3.61. The Balaban J connectivity index is 3.03. The Labute approximate surface area is 70.3 Å². The lowest BCUT2D eigenvalue weighted by atomic mass is 10.2. The molecule has 12 heavy (non-hydrogen) atoms. The van der Waals surface area contributed by atoms with Gasteiger partial charge in [0.1, 0.15) is 5.75 Å². The van der Waals surface area contributed by atoms with Gasteiger partial charge in [0.05, 0.1) is 13.3 Å². The number of oxime groups is 1. The lowest BCUT2D eigenvalue weighted by Gasteiger charge is -2.02. The molecule has 4 nitrogen and oxygen atoms in total. The molecule has 0 aromatic heterocycles. The molecule has 0 amide bonds. The third-order valence-electron chi connectivity index (χ3n) is 1.49. The van der Waals surface area contributed by atoms with Gasteiger partial charge in [0.25, 0.3) is 0 Å². The largest absolute Gasteiger partial charge is 0.497 e. The number of nitrogens with two attached hydrogens (primary N) is 1. The summed E-state index contributed by atoms with van der Waals surface area (Å²) in [7, 11) is 1.56. The van der Waals surface area contributed by atoms with Crippen LogP contribution in [0.15, 0.2) is 23.4 Å². The number of ether oxygens (including phenoxy) is 1. The quantitative estimate of drug-likeness (QED) is 0.299. The van der Waals surface area contributed by atoms with E-state index in [1.165, 1.54) is 6.21 Å². The molecule has 4 heteroatoms. The maximum absolute atomic E-state index is 8.25. The average Bonchev–Trinajstić information content (AvgIpc) is 2.09. The monoisotopic (exact) mass is 166 g/mol. The molecule has 0 fully saturated rings. The van der Waals surface area contributed by atoms with Gasteiger partial charge in [-0.15, -0.1) is 0 Å². The van der Waals surface area contributed by atoms with Crippen LogP contribution in [0.2, 0.25) is 0 Å². The van der Waals surface area contributed by atoms with Crippen molar-refractivity contribution in [3.63, 3.8) is 0 Å². The third-order valence-corrected chi connectivity index (χ3v) is 1.49. The maximum atomic E-state index is 8.25. The fourth-order valence-corrected chi connectivity index (χ4v) is 0.860. The Hall–Kier alpha value is -1.71. The second-order valence-corrected chi connectivity index (χ2v) is 2.24. The van der Waals surface area contributed by atoms with Gasteiger partial charge in [0.2, 0.25) is 0 Å². The molecule has 1 aromatic rings. The molecule has 0 bridgehead atoms. The number of hydrogen-bond donors (Lipinski definition) is 2. The molecule has 0 radical (unpaired) electrons. The van der Waals surface area contributed by atoms with Crippen molar-refractivity contribution in [3.05, 3.63) is 23.8 Å². The minimum absolute atomic E-state index is 0.521. The first kappa shape index (κ1) is 8.39. The van der Waals surface area contributed by atoms with E-state index in [0.717, 1.165) is 0 Å². The molecule has 0 aliphatic carbocycles. The van der Waals surface area contributed by atoms with Crippen LogP contribution in [-0.4, -0.2) is 18.5 Å². The molecule has 1 rings (SSSR count). The molecule has 64 valence electrons. The van der Waals surface area contributed by atoms with Crippen LogP contribution in [-0.2, 0) is 0 Å². The van der Waals surface area contributed by atoms with Gasteiger partial charge >= 0.3 is 0 Å². The van der Waals surface area contributed by atoms with Gasteiger partial charge in [-0.2, -0.15) is 0 Å². The van der Waals surface area contributed by atoms with Crippen molar-refractivity contribution in [2.45, 2.75) is 0 Å². The van der Waals surface area contributed by atoms with Crippen LogP contribution in [0.25, 0.3) is 0 Å². The number of anilines is 1. The summed E-state index contributed by atoms with van der Waals surface area (Å²) in [5, 5.41) is 11.1. The normalized spacial score (nSPS) is 10.4. The van der Waals surface area contributed by atoms with Crippen molar-refractivity contribution >= 4 is 11.9 Å². The van der Waals surface area contributed by atoms with Crippen LogP contribution in [0.1, 0.15) is 5.56 Å². The fourth-order valence-electron chi connectivity index (χ4n) is 0.860. The highest BCUT2D eigenvalue weighted by Crippen LogP contribution is 2.17. The second-order valence-electron chi connectivity index (χ2n) is 2.24. The van der Waals surface area contributed by atoms with Gasteiger partial charge in [-0.1, -0.05) is 5.16 Å². The van der Waals surface area contributed by atoms with Gasteiger partial charge in [-0.05, 0) is 12.1 Å². The molecule has 0 heterocycles. The van der Waals surface area contributed by atoms with Gasteiger partial charge in [-0.25, -0.2) is 0 Å². The van der Waals surface area contributed by atoms with Gasteiger partial charge in [0, 0.05) is 17.3 Å². The SMILES string of the molecule is COc1ccc(C=NO)c(N)c1. The van der Waals surface area contributed by atoms with Crippen molar-refractivity contribution in [3.8, 4) is 5.75 Å². The van der Waals surface area contributed by atoms with Crippen LogP contribution < -0.4 is 10.5 Å². The van der Waals surface area contributed by atoms with Crippen molar-refractivity contribution < 1.29 is 9.94 Å². The molecular weight excluding hydrogens is 156 g/mol. The van der Waals surface area contributed by atoms with Gasteiger partial charge < -0.3 is 15.7 Å². The fraction of sp³-hybridized carbons (Fsp3) is 0.125. The molecule has 0 aliphatic rings. The zero-order valence-electron chi connectivity index (χ0n) is 6.69. The molecule has 0 unspecified atom stereocenters. The zero-order chi connectivity index (χ0) is 8.97. The van der Waals surface area contributed by atoms with Crippen LogP contribution in [0.5, 0.6) is 5.75 Å². The molecule has 0 aliphatic heterocycles. The first-order valence-corrected chi connectivity index (χ1v) is 3.39. The number of nitrogens with zero attached hydrogens (tertiary/aromatic N) is 1. The van der Waals surface area contributed by atoms with Crippen LogP contribution in [0, 0.1) is 0 Å². The molecule has 0 saturated heterocycles. The summed E-state index contributed by atoms with van der Waals surface area (Å²) < 4.78 is 4.94. The van der Waals surface area contributed by atoms with Gasteiger partial charge in [0.15, 0.2) is 0 Å². The Bertz CT molecular complexity index is 297. The molecule has 3 N–H and O–H groups in total. The van der Waals surface area contributed by atoms with E-state index in [1.807, 2.05) is 0 Å². The summed E-state index contributed by atoms with van der Waals surface area (Å²) in [6, 6.07) is 5.12. The highest BCUT2D eigenvalue weighted by Gasteiger charge is 1.97. The van der Waals surface area contributed by atoms with Crippen molar-refractivity contribution in [2.24, 2.45) is 5.16 Å². The maximum Gasteiger partial charge on any atom is 0.120 e. The lowest BCUT2D eigenvalue weighted by Crippen LogP contribution is -1.94. The highest BCUT2D eigenvalue weighted by atomic mass is 16.5. The van der Waals surface area contributed by atoms with E-state index in [2.05, 4.69) is 5.16 Å². The van der Waals surface area contributed by atoms with E-state index in [0.29, 0.717) is 17.0 Å². The van der Waals surface area contributed by atoms with E-state index >= 15 is 0 Å². The van der Waals surface area contributed by atoms with E-state index in [-0.39, 0.29) is 0 Å². The van der Waals surface area contributed by atoms with Crippen molar-refractivity contribution in [2.75, 3.05) is 12.8 Å². The van der Waals surface area contributed by atoms with Crippen LogP contribution >= 0.6 is 0 Å². The Morgan fingerprint density at radius 1 is 1.58 bits per heavy atom. The summed E-state index contributed by atoms with van der Waals surface area (Å²) in [5.74, 6) is 0.683. The summed E-state index contributed by atoms with van der Waals surface area (Å²) >= 11 is 0. The van der Waals surface area contributed by atoms with E-state index in [4.69, 9.17) is 15.7 Å². The molecule has 0 atom stereocenters. The standard InChI is InChI=1S/C8H10N2O2/c1-12-7-3-2-6(5-10-11)8(9)4-7/h2-5,11H,9H2,1H3. The molecule has 0 saturated carbocycles. The van der Waals surface area contributed by atoms with Crippen LogP contribution in [0.3, 0.4) is 0 Å².